The molecule has 2 atom stereocenters. The number of esters is 1. The first kappa shape index (κ1) is 26.1. The summed E-state index contributed by atoms with van der Waals surface area (Å²) in [5.74, 6) is -2.18. The van der Waals surface area contributed by atoms with Crippen molar-refractivity contribution < 1.29 is 41.9 Å². The minimum Gasteiger partial charge on any atom is -0.481 e. The predicted octanol–water partition coefficient (Wildman–Crippen LogP) is 2.33. The summed E-state index contributed by atoms with van der Waals surface area (Å²) in [5, 5.41) is 11.4. The lowest BCUT2D eigenvalue weighted by atomic mass is 9.78. The molecule has 28 heavy (non-hydrogen) atoms. The summed E-state index contributed by atoms with van der Waals surface area (Å²) in [6, 6.07) is 0. The van der Waals surface area contributed by atoms with Crippen molar-refractivity contribution in [1.29, 1.82) is 0 Å². The van der Waals surface area contributed by atoms with Crippen molar-refractivity contribution in [2.24, 2.45) is 5.41 Å². The number of rotatable bonds is 14. The first-order valence-electron chi connectivity index (χ1n) is 9.18. The third-order valence-electron chi connectivity index (χ3n) is 3.95. The van der Waals surface area contributed by atoms with Crippen molar-refractivity contribution in [3.63, 3.8) is 0 Å². The topological polar surface area (TPSA) is 156 Å². The zero-order valence-corrected chi connectivity index (χ0v) is 17.4. The van der Waals surface area contributed by atoms with Gasteiger partial charge in [0.05, 0.1) is 18.6 Å². The fraction of sp³-hybridized carbons (Fsp3) is 0.824. The van der Waals surface area contributed by atoms with E-state index in [0.717, 1.165) is 19.3 Å². The van der Waals surface area contributed by atoms with Gasteiger partial charge in [0.15, 0.2) is 0 Å². The normalized spacial score (nSPS) is 14.6. The number of alkyl carbamates (subject to hydrolysis) is 1. The van der Waals surface area contributed by atoms with Gasteiger partial charge in [0.25, 0.3) is 10.1 Å². The van der Waals surface area contributed by atoms with E-state index in [4.69, 9.17) is 19.1 Å². The van der Waals surface area contributed by atoms with E-state index < -0.39 is 45.6 Å². The smallest absolute Gasteiger partial charge is 0.410 e. The maximum Gasteiger partial charge on any atom is 0.410 e. The van der Waals surface area contributed by atoms with Crippen molar-refractivity contribution in [1.82, 2.24) is 5.32 Å². The van der Waals surface area contributed by atoms with Crippen LogP contribution in [0.25, 0.3) is 0 Å². The Morgan fingerprint density at radius 1 is 1.11 bits per heavy atom. The van der Waals surface area contributed by atoms with E-state index in [2.05, 4.69) is 5.32 Å². The average Bonchev–Trinajstić information content (AvgIpc) is 2.49. The van der Waals surface area contributed by atoms with Gasteiger partial charge in [-0.2, -0.15) is 8.42 Å². The van der Waals surface area contributed by atoms with Crippen LogP contribution in [0.3, 0.4) is 0 Å². The summed E-state index contributed by atoms with van der Waals surface area (Å²) in [7, 11) is -4.10. The van der Waals surface area contributed by atoms with Gasteiger partial charge in [0.2, 0.25) is 6.29 Å². The predicted molar refractivity (Wildman–Crippen MR) is 100 cm³/mol. The molecule has 0 saturated carbocycles. The summed E-state index contributed by atoms with van der Waals surface area (Å²) in [4.78, 5) is 34.8. The van der Waals surface area contributed by atoms with E-state index in [1.165, 1.54) is 6.92 Å². The first-order valence-corrected chi connectivity index (χ1v) is 10.8. The fourth-order valence-electron chi connectivity index (χ4n) is 2.64. The lowest BCUT2D eigenvalue weighted by Gasteiger charge is -2.27. The average molecular weight is 426 g/mol. The Bertz CT molecular complexity index is 620. The highest BCUT2D eigenvalue weighted by Gasteiger charge is 2.31. The van der Waals surface area contributed by atoms with E-state index >= 15 is 0 Å². The Morgan fingerprint density at radius 3 is 2.29 bits per heavy atom. The zero-order valence-electron chi connectivity index (χ0n) is 16.6. The van der Waals surface area contributed by atoms with Crippen LogP contribution in [0.5, 0.6) is 0 Å². The molecule has 0 aromatic carbocycles. The second kappa shape index (κ2) is 12.6. The fourth-order valence-corrected chi connectivity index (χ4v) is 3.15. The molecule has 3 N–H and O–H groups in total. The number of hydrogen-bond donors (Lipinski definition) is 3. The molecule has 0 rings (SSSR count). The van der Waals surface area contributed by atoms with Gasteiger partial charge in [-0.15, -0.1) is 0 Å². The molecule has 0 aliphatic rings. The molecule has 0 heterocycles. The standard InChI is InChI=1S/C17H31NO9S/c1-4-5-6-8-17(3,11-14(19)20)12-15(21)26-13(2)27-16(22)18-9-7-10-28(23,24)25/h13H,4-12H2,1-3H3,(H,18,22)(H,19,20)(H,23,24,25). The van der Waals surface area contributed by atoms with Gasteiger partial charge in [0, 0.05) is 13.5 Å². The van der Waals surface area contributed by atoms with Crippen LogP contribution >= 0.6 is 0 Å². The van der Waals surface area contributed by atoms with Crippen molar-refractivity contribution in [2.45, 2.75) is 72.0 Å². The molecule has 0 spiro atoms. The molecule has 0 aliphatic carbocycles. The van der Waals surface area contributed by atoms with E-state index in [0.29, 0.717) is 6.42 Å². The van der Waals surface area contributed by atoms with Crippen LogP contribution in [-0.4, -0.2) is 54.7 Å². The SMILES string of the molecule is CCCCCC(C)(CC(=O)O)CC(=O)OC(C)OC(=O)NCCCS(=O)(=O)O. The molecule has 11 heteroatoms. The van der Waals surface area contributed by atoms with Gasteiger partial charge in [-0.1, -0.05) is 33.1 Å². The van der Waals surface area contributed by atoms with Gasteiger partial charge in [-0.3, -0.25) is 14.1 Å². The number of nitrogens with one attached hydrogen (secondary N) is 1. The monoisotopic (exact) mass is 425 g/mol. The molecule has 2 unspecified atom stereocenters. The third-order valence-corrected chi connectivity index (χ3v) is 4.76. The van der Waals surface area contributed by atoms with Gasteiger partial charge in [-0.05, 0) is 18.3 Å². The molecule has 10 nitrogen and oxygen atoms in total. The Kier molecular flexibility index (Phi) is 11.7. The largest absolute Gasteiger partial charge is 0.481 e. The Labute approximate surface area is 165 Å². The molecule has 0 aliphatic heterocycles. The molecule has 0 radical (unpaired) electrons. The molecule has 0 aromatic rings. The first-order chi connectivity index (χ1) is 12.9. The number of carboxylic acid groups (broad SMARTS) is 1. The highest BCUT2D eigenvalue weighted by atomic mass is 32.2. The highest BCUT2D eigenvalue weighted by Crippen LogP contribution is 2.33. The maximum atomic E-state index is 12.1. The number of unbranched alkanes of at least 4 members (excludes halogenated alkanes) is 2. The maximum absolute atomic E-state index is 12.1. The lowest BCUT2D eigenvalue weighted by molar-refractivity contribution is -0.167. The molecule has 1 amide bonds. The van der Waals surface area contributed by atoms with Crippen molar-refractivity contribution in [3.8, 4) is 0 Å². The highest BCUT2D eigenvalue weighted by molar-refractivity contribution is 7.85. The number of aliphatic carboxylic acids is 1. The molecule has 0 bridgehead atoms. The van der Waals surface area contributed by atoms with Crippen LogP contribution in [0.15, 0.2) is 0 Å². The van der Waals surface area contributed by atoms with E-state index in [9.17, 15) is 22.8 Å². The number of carbonyl (C=O) groups is 3. The second-order valence-corrected chi connectivity index (χ2v) is 8.62. The zero-order chi connectivity index (χ0) is 21.8. The number of hydrogen-bond acceptors (Lipinski definition) is 7. The Balaban J connectivity index is 4.41. The summed E-state index contributed by atoms with van der Waals surface area (Å²) in [6.45, 7) is 5.02. The molecular formula is C17H31NO9S. The van der Waals surface area contributed by atoms with Crippen LogP contribution in [0.2, 0.25) is 0 Å². The molecule has 0 fully saturated rings. The van der Waals surface area contributed by atoms with Crippen LogP contribution in [0, 0.1) is 5.41 Å². The summed E-state index contributed by atoms with van der Waals surface area (Å²) in [6.07, 6.45) is 0.858. The number of ether oxygens (including phenoxy) is 2. The lowest BCUT2D eigenvalue weighted by Crippen LogP contribution is -2.32. The minimum atomic E-state index is -4.10. The molecule has 0 saturated heterocycles. The van der Waals surface area contributed by atoms with E-state index in [-0.39, 0.29) is 25.8 Å². The number of amides is 1. The van der Waals surface area contributed by atoms with Crippen LogP contribution < -0.4 is 5.32 Å². The summed E-state index contributed by atoms with van der Waals surface area (Å²) >= 11 is 0. The molecule has 0 aromatic heterocycles. The minimum absolute atomic E-state index is 0.00654. The van der Waals surface area contributed by atoms with E-state index in [1.807, 2.05) is 6.92 Å². The van der Waals surface area contributed by atoms with Gasteiger partial charge in [-0.25, -0.2) is 4.79 Å². The summed E-state index contributed by atoms with van der Waals surface area (Å²) in [5.41, 5.74) is -0.754. The molecule has 164 valence electrons. The van der Waals surface area contributed by atoms with Gasteiger partial charge in [0.1, 0.15) is 0 Å². The van der Waals surface area contributed by atoms with E-state index in [1.54, 1.807) is 6.92 Å². The van der Waals surface area contributed by atoms with Crippen LogP contribution in [-0.2, 0) is 29.2 Å². The van der Waals surface area contributed by atoms with Gasteiger partial charge >= 0.3 is 18.0 Å². The van der Waals surface area contributed by atoms with Gasteiger partial charge < -0.3 is 19.9 Å². The van der Waals surface area contributed by atoms with Crippen molar-refractivity contribution >= 4 is 28.1 Å². The van der Waals surface area contributed by atoms with Crippen molar-refractivity contribution in [3.05, 3.63) is 0 Å². The third kappa shape index (κ3) is 14.2. The van der Waals surface area contributed by atoms with Crippen molar-refractivity contribution in [2.75, 3.05) is 12.3 Å². The number of carbonyl (C=O) groups excluding carboxylic acids is 2. The number of carboxylic acids is 1. The van der Waals surface area contributed by atoms with Crippen LogP contribution in [0.1, 0.15) is 65.7 Å². The molecular weight excluding hydrogens is 394 g/mol. The van der Waals surface area contributed by atoms with Crippen LogP contribution in [0.4, 0.5) is 4.79 Å². The summed E-state index contributed by atoms with van der Waals surface area (Å²) < 4.78 is 39.5. The quantitative estimate of drug-likeness (QED) is 0.164. The Hall–Kier alpha value is -1.88. The Morgan fingerprint density at radius 2 is 1.75 bits per heavy atom. The second-order valence-electron chi connectivity index (χ2n) is 7.04.